The van der Waals surface area contributed by atoms with Gasteiger partial charge in [-0.2, -0.15) is 0 Å². The van der Waals surface area contributed by atoms with E-state index in [1.54, 1.807) is 6.07 Å². The van der Waals surface area contributed by atoms with Crippen LogP contribution in [0.25, 0.3) is 0 Å². The smallest absolute Gasteiger partial charge is 0.123 e. The van der Waals surface area contributed by atoms with E-state index in [-0.39, 0.29) is 11.6 Å². The third kappa shape index (κ3) is 3.32. The molecular formula is C16H18FNOS. The molecule has 0 radical (unpaired) electrons. The Morgan fingerprint density at radius 3 is 2.45 bits per heavy atom. The summed E-state index contributed by atoms with van der Waals surface area (Å²) in [6, 6.07) is 10.2. The van der Waals surface area contributed by atoms with E-state index in [1.165, 1.54) is 17.7 Å². The second-order valence-corrected chi connectivity index (χ2v) is 6.30. The lowest BCUT2D eigenvalue weighted by molar-refractivity contribution is 0.625. The van der Waals surface area contributed by atoms with Crippen LogP contribution in [0.1, 0.15) is 22.3 Å². The fraction of sp³-hybridized carbons (Fsp3) is 0.250. The zero-order valence-corrected chi connectivity index (χ0v) is 12.5. The second kappa shape index (κ2) is 6.29. The van der Waals surface area contributed by atoms with Gasteiger partial charge >= 0.3 is 0 Å². The lowest BCUT2D eigenvalue weighted by atomic mass is 10.1. The van der Waals surface area contributed by atoms with Gasteiger partial charge in [0.2, 0.25) is 0 Å². The lowest BCUT2D eigenvalue weighted by Gasteiger charge is -2.09. The van der Waals surface area contributed by atoms with E-state index in [2.05, 4.69) is 0 Å². The molecule has 1 unspecified atom stereocenters. The first-order valence-electron chi connectivity index (χ1n) is 6.44. The Balaban J connectivity index is 2.27. The lowest BCUT2D eigenvalue weighted by Crippen LogP contribution is -2.05. The maximum Gasteiger partial charge on any atom is 0.123 e. The summed E-state index contributed by atoms with van der Waals surface area (Å²) in [6.45, 7) is 4.32. The van der Waals surface area contributed by atoms with Crippen molar-refractivity contribution >= 4 is 10.8 Å². The van der Waals surface area contributed by atoms with E-state index in [4.69, 9.17) is 5.73 Å². The van der Waals surface area contributed by atoms with Crippen LogP contribution >= 0.6 is 0 Å². The maximum atomic E-state index is 13.3. The minimum absolute atomic E-state index is 0.285. The zero-order chi connectivity index (χ0) is 14.7. The molecule has 0 aliphatic carbocycles. The molecule has 106 valence electrons. The van der Waals surface area contributed by atoms with Crippen LogP contribution in [0.5, 0.6) is 0 Å². The quantitative estimate of drug-likeness (QED) is 0.940. The predicted octanol–water partition coefficient (Wildman–Crippen LogP) is 3.21. The SMILES string of the molecule is Cc1ccc(S(=O)Cc2cc(F)ccc2CN)cc1C. The number of aryl methyl sites for hydroxylation is 2. The molecule has 20 heavy (non-hydrogen) atoms. The van der Waals surface area contributed by atoms with Crippen LogP contribution in [0.2, 0.25) is 0 Å². The molecule has 0 spiro atoms. The molecule has 0 saturated heterocycles. The average Bonchev–Trinajstić information content (AvgIpc) is 2.42. The van der Waals surface area contributed by atoms with Crippen LogP contribution in [0.15, 0.2) is 41.3 Å². The Labute approximate surface area is 121 Å². The number of rotatable bonds is 4. The third-order valence-corrected chi connectivity index (χ3v) is 4.77. The highest BCUT2D eigenvalue weighted by Gasteiger charge is 2.10. The Morgan fingerprint density at radius 2 is 1.80 bits per heavy atom. The molecule has 1 atom stereocenters. The Morgan fingerprint density at radius 1 is 1.05 bits per heavy atom. The molecule has 2 aromatic rings. The molecule has 2 rings (SSSR count). The molecular weight excluding hydrogens is 273 g/mol. The van der Waals surface area contributed by atoms with E-state index in [9.17, 15) is 8.60 Å². The summed E-state index contributed by atoms with van der Waals surface area (Å²) in [5.41, 5.74) is 9.46. The van der Waals surface area contributed by atoms with Crippen molar-refractivity contribution in [3.63, 3.8) is 0 Å². The Hall–Kier alpha value is -1.52. The van der Waals surface area contributed by atoms with Crippen LogP contribution < -0.4 is 5.73 Å². The first-order chi connectivity index (χ1) is 9.51. The molecule has 0 saturated carbocycles. The highest BCUT2D eigenvalue weighted by atomic mass is 32.2. The molecule has 0 aliphatic rings. The molecule has 0 aliphatic heterocycles. The first-order valence-corrected chi connectivity index (χ1v) is 7.76. The molecule has 0 aromatic heterocycles. The summed E-state index contributed by atoms with van der Waals surface area (Å²) < 4.78 is 25.7. The number of benzene rings is 2. The fourth-order valence-electron chi connectivity index (χ4n) is 2.01. The van der Waals surface area contributed by atoms with Gasteiger partial charge < -0.3 is 5.73 Å². The minimum atomic E-state index is -1.20. The van der Waals surface area contributed by atoms with Crippen molar-refractivity contribution < 1.29 is 8.60 Å². The van der Waals surface area contributed by atoms with Gasteiger partial charge in [-0.1, -0.05) is 12.1 Å². The van der Waals surface area contributed by atoms with Crippen molar-refractivity contribution in [3.8, 4) is 0 Å². The summed E-state index contributed by atoms with van der Waals surface area (Å²) >= 11 is 0. The van der Waals surface area contributed by atoms with Gasteiger partial charge in [0.1, 0.15) is 5.82 Å². The maximum absolute atomic E-state index is 13.3. The highest BCUT2D eigenvalue weighted by Crippen LogP contribution is 2.19. The van der Waals surface area contributed by atoms with Crippen molar-refractivity contribution in [1.29, 1.82) is 0 Å². The van der Waals surface area contributed by atoms with Gasteiger partial charge in [-0.05, 0) is 60.4 Å². The molecule has 0 heterocycles. The zero-order valence-electron chi connectivity index (χ0n) is 11.7. The number of hydrogen-bond acceptors (Lipinski definition) is 2. The van der Waals surface area contributed by atoms with Crippen LogP contribution in [0.3, 0.4) is 0 Å². The van der Waals surface area contributed by atoms with Crippen LogP contribution in [0.4, 0.5) is 4.39 Å². The molecule has 0 fully saturated rings. The largest absolute Gasteiger partial charge is 0.326 e. The molecule has 0 bridgehead atoms. The summed E-state index contributed by atoms with van der Waals surface area (Å²) in [5, 5.41) is 0. The van der Waals surface area contributed by atoms with E-state index in [0.29, 0.717) is 12.1 Å². The van der Waals surface area contributed by atoms with Crippen molar-refractivity contribution in [2.45, 2.75) is 31.0 Å². The number of hydrogen-bond donors (Lipinski definition) is 1. The van der Waals surface area contributed by atoms with Crippen molar-refractivity contribution in [1.82, 2.24) is 0 Å². The van der Waals surface area contributed by atoms with Crippen LogP contribution in [0, 0.1) is 19.7 Å². The van der Waals surface area contributed by atoms with E-state index >= 15 is 0 Å². The minimum Gasteiger partial charge on any atom is -0.326 e. The van der Waals surface area contributed by atoms with Gasteiger partial charge in [0.25, 0.3) is 0 Å². The average molecular weight is 291 g/mol. The first kappa shape index (κ1) is 14.9. The van der Waals surface area contributed by atoms with Crippen LogP contribution in [-0.4, -0.2) is 4.21 Å². The standard InChI is InChI=1S/C16H18FNOS/c1-11-3-6-16(7-12(11)2)20(19)10-14-8-15(17)5-4-13(14)9-18/h3-8H,9-10,18H2,1-2H3. The molecule has 0 amide bonds. The predicted molar refractivity (Wildman–Crippen MR) is 80.3 cm³/mol. The molecule has 2 nitrogen and oxygen atoms in total. The third-order valence-electron chi connectivity index (χ3n) is 3.42. The Bertz CT molecular complexity index is 655. The summed E-state index contributed by atoms with van der Waals surface area (Å²) in [6.07, 6.45) is 0. The van der Waals surface area contributed by atoms with Gasteiger partial charge in [-0.25, -0.2) is 4.39 Å². The van der Waals surface area contributed by atoms with Gasteiger partial charge in [-0.15, -0.1) is 0 Å². The van der Waals surface area contributed by atoms with E-state index in [1.807, 2.05) is 32.0 Å². The van der Waals surface area contributed by atoms with Crippen molar-refractivity contribution in [3.05, 3.63) is 64.5 Å². The Kier molecular flexibility index (Phi) is 4.68. The van der Waals surface area contributed by atoms with Gasteiger partial charge in [0, 0.05) is 11.4 Å². The monoisotopic (exact) mass is 291 g/mol. The van der Waals surface area contributed by atoms with Gasteiger partial charge in [0.15, 0.2) is 0 Å². The molecule has 4 heteroatoms. The van der Waals surface area contributed by atoms with E-state index in [0.717, 1.165) is 16.0 Å². The van der Waals surface area contributed by atoms with E-state index < -0.39 is 10.8 Å². The molecule has 2 aromatic carbocycles. The normalized spacial score (nSPS) is 12.4. The number of halogens is 1. The van der Waals surface area contributed by atoms with Gasteiger partial charge in [-0.3, -0.25) is 4.21 Å². The summed E-state index contributed by atoms with van der Waals surface area (Å²) in [5.74, 6) is -0.0402. The summed E-state index contributed by atoms with van der Waals surface area (Å²) in [7, 11) is -1.20. The van der Waals surface area contributed by atoms with Crippen molar-refractivity contribution in [2.75, 3.05) is 0 Å². The van der Waals surface area contributed by atoms with Crippen LogP contribution in [-0.2, 0) is 23.1 Å². The van der Waals surface area contributed by atoms with Gasteiger partial charge in [0.05, 0.1) is 16.6 Å². The topological polar surface area (TPSA) is 43.1 Å². The second-order valence-electron chi connectivity index (χ2n) is 4.85. The highest BCUT2D eigenvalue weighted by molar-refractivity contribution is 7.84. The summed E-state index contributed by atoms with van der Waals surface area (Å²) in [4.78, 5) is 0.764. The molecule has 2 N–H and O–H groups in total. The fourth-order valence-corrected chi connectivity index (χ4v) is 3.25. The number of nitrogens with two attached hydrogens (primary N) is 1. The van der Waals surface area contributed by atoms with Crippen molar-refractivity contribution in [2.24, 2.45) is 5.73 Å².